The summed E-state index contributed by atoms with van der Waals surface area (Å²) in [5.41, 5.74) is -1.32. The minimum Gasteiger partial charge on any atom is -0.365 e. The fourth-order valence-corrected chi connectivity index (χ4v) is 2.64. The summed E-state index contributed by atoms with van der Waals surface area (Å²) in [6.45, 7) is 0.670. The molecule has 1 N–H and O–H groups in total. The summed E-state index contributed by atoms with van der Waals surface area (Å²) in [7, 11) is 0. The highest BCUT2D eigenvalue weighted by Gasteiger charge is 2.35. The molecule has 1 atom stereocenters. The zero-order valence-corrected chi connectivity index (χ0v) is 11.6. The molecule has 0 radical (unpaired) electrons. The lowest BCUT2D eigenvalue weighted by atomic mass is 10.1. The summed E-state index contributed by atoms with van der Waals surface area (Å²) >= 11 is 0. The summed E-state index contributed by atoms with van der Waals surface area (Å²) in [5, 5.41) is 24.6. The molecule has 1 fully saturated rings. The van der Waals surface area contributed by atoms with E-state index in [2.05, 4.69) is 20.6 Å². The van der Waals surface area contributed by atoms with Crippen LogP contribution in [0.15, 0.2) is 18.2 Å². The monoisotopic (exact) mass is 328 g/mol. The smallest absolute Gasteiger partial charge is 0.365 e. The van der Waals surface area contributed by atoms with Gasteiger partial charge in [0.25, 0.3) is 5.69 Å². The van der Waals surface area contributed by atoms with Crippen LogP contribution in [0.1, 0.15) is 23.7 Å². The molecule has 2 heterocycles. The molecular weight excluding hydrogens is 317 g/mol. The van der Waals surface area contributed by atoms with Gasteiger partial charge < -0.3 is 4.90 Å². The van der Waals surface area contributed by atoms with Gasteiger partial charge in [-0.25, -0.2) is 0 Å². The van der Waals surface area contributed by atoms with E-state index in [9.17, 15) is 23.3 Å². The second-order valence-corrected chi connectivity index (χ2v) is 5.16. The number of aromatic nitrogens is 4. The Morgan fingerprint density at radius 3 is 2.78 bits per heavy atom. The van der Waals surface area contributed by atoms with Crippen molar-refractivity contribution >= 4 is 11.4 Å². The van der Waals surface area contributed by atoms with Gasteiger partial charge >= 0.3 is 6.18 Å². The summed E-state index contributed by atoms with van der Waals surface area (Å²) in [5.74, 6) is 0.310. The number of nitro groups is 1. The van der Waals surface area contributed by atoms with E-state index in [4.69, 9.17) is 0 Å². The van der Waals surface area contributed by atoms with Gasteiger partial charge in [-0.15, -0.1) is 10.2 Å². The van der Waals surface area contributed by atoms with Crippen LogP contribution in [0.2, 0.25) is 0 Å². The number of rotatable bonds is 3. The number of hydrogen-bond donors (Lipinski definition) is 1. The minimum absolute atomic E-state index is 0.0455. The summed E-state index contributed by atoms with van der Waals surface area (Å²) < 4.78 is 38.6. The van der Waals surface area contributed by atoms with E-state index in [0.717, 1.165) is 12.1 Å². The lowest BCUT2D eigenvalue weighted by Gasteiger charge is -2.19. The van der Waals surface area contributed by atoms with Gasteiger partial charge in [0.15, 0.2) is 5.82 Å². The molecule has 1 aromatic carbocycles. The van der Waals surface area contributed by atoms with Crippen LogP contribution in [-0.4, -0.2) is 38.6 Å². The molecule has 0 saturated carbocycles. The first-order valence-electron chi connectivity index (χ1n) is 6.70. The van der Waals surface area contributed by atoms with Crippen LogP contribution in [0.25, 0.3) is 0 Å². The molecule has 1 aromatic heterocycles. The molecule has 8 nitrogen and oxygen atoms in total. The van der Waals surface area contributed by atoms with Gasteiger partial charge in [-0.3, -0.25) is 10.1 Å². The second kappa shape index (κ2) is 5.48. The third-order valence-electron chi connectivity index (χ3n) is 3.76. The highest BCUT2D eigenvalue weighted by Crippen LogP contribution is 2.39. The number of nitro benzene ring substituents is 1. The number of nitrogens with zero attached hydrogens (tertiary/aromatic N) is 5. The average molecular weight is 328 g/mol. The van der Waals surface area contributed by atoms with E-state index >= 15 is 0 Å². The molecule has 11 heteroatoms. The topological polar surface area (TPSA) is 101 Å². The first-order valence-corrected chi connectivity index (χ1v) is 6.70. The Labute approximate surface area is 127 Å². The molecule has 0 bridgehead atoms. The Balaban J connectivity index is 1.93. The van der Waals surface area contributed by atoms with Gasteiger partial charge in [0.2, 0.25) is 0 Å². The van der Waals surface area contributed by atoms with Crippen molar-refractivity contribution in [1.29, 1.82) is 0 Å². The molecule has 23 heavy (non-hydrogen) atoms. The lowest BCUT2D eigenvalue weighted by molar-refractivity contribution is -0.384. The van der Waals surface area contributed by atoms with E-state index in [0.29, 0.717) is 31.4 Å². The number of anilines is 1. The molecular formula is C12H11F3N6O2. The molecule has 1 aliphatic heterocycles. The fourth-order valence-electron chi connectivity index (χ4n) is 2.64. The zero-order valence-electron chi connectivity index (χ0n) is 11.6. The number of aromatic amines is 1. The van der Waals surface area contributed by atoms with Crippen molar-refractivity contribution in [1.82, 2.24) is 20.6 Å². The van der Waals surface area contributed by atoms with Gasteiger partial charge in [-0.05, 0) is 18.6 Å². The van der Waals surface area contributed by atoms with Crippen molar-refractivity contribution in [2.75, 3.05) is 18.0 Å². The Morgan fingerprint density at radius 1 is 1.39 bits per heavy atom. The number of benzene rings is 1. The van der Waals surface area contributed by atoms with Crippen LogP contribution in [0.4, 0.5) is 24.5 Å². The average Bonchev–Trinajstić information content (AvgIpc) is 3.16. The number of halogens is 3. The van der Waals surface area contributed by atoms with Crippen LogP contribution in [-0.2, 0) is 6.18 Å². The maximum absolute atomic E-state index is 12.9. The third-order valence-corrected chi connectivity index (χ3v) is 3.76. The lowest BCUT2D eigenvalue weighted by Crippen LogP contribution is -2.21. The third kappa shape index (κ3) is 2.94. The van der Waals surface area contributed by atoms with Crippen molar-refractivity contribution in [2.45, 2.75) is 18.5 Å². The molecule has 2 aromatic rings. The van der Waals surface area contributed by atoms with Gasteiger partial charge in [0.05, 0.1) is 10.5 Å². The summed E-state index contributed by atoms with van der Waals surface area (Å²) in [6.07, 6.45) is -3.98. The van der Waals surface area contributed by atoms with Crippen LogP contribution in [0, 0.1) is 10.1 Å². The van der Waals surface area contributed by atoms with E-state index in [1.807, 2.05) is 0 Å². The quantitative estimate of drug-likeness (QED) is 0.684. The minimum atomic E-state index is -4.56. The first kappa shape index (κ1) is 15.2. The summed E-state index contributed by atoms with van der Waals surface area (Å²) in [6, 6.07) is 2.42. The highest BCUT2D eigenvalue weighted by atomic mass is 19.4. The predicted octanol–water partition coefficient (Wildman–Crippen LogP) is 2.12. The number of tetrazole rings is 1. The predicted molar refractivity (Wildman–Crippen MR) is 71.8 cm³/mol. The standard InChI is InChI=1S/C12H11F3N6O2/c13-12(14,15)8-1-2-9(21(22)23)10(5-8)20-4-3-7(6-20)11-16-18-19-17-11/h1-2,5,7H,3-4,6H2,(H,16,17,18,19). The summed E-state index contributed by atoms with van der Waals surface area (Å²) in [4.78, 5) is 12.0. The number of nitrogens with one attached hydrogen (secondary N) is 1. The fraction of sp³-hybridized carbons (Fsp3) is 0.417. The van der Waals surface area contributed by atoms with Crippen molar-refractivity contribution in [3.8, 4) is 0 Å². The Hall–Kier alpha value is -2.72. The SMILES string of the molecule is O=[N+]([O-])c1ccc(C(F)(F)F)cc1N1CCC(c2nn[nH]n2)C1. The van der Waals surface area contributed by atoms with E-state index in [1.165, 1.54) is 0 Å². The molecule has 0 spiro atoms. The van der Waals surface area contributed by atoms with E-state index < -0.39 is 16.7 Å². The normalized spacial score (nSPS) is 18.4. The van der Waals surface area contributed by atoms with Gasteiger partial charge in [-0.1, -0.05) is 5.21 Å². The Morgan fingerprint density at radius 2 is 2.17 bits per heavy atom. The maximum Gasteiger partial charge on any atom is 0.416 e. The molecule has 3 rings (SSSR count). The molecule has 122 valence electrons. The van der Waals surface area contributed by atoms with Crippen LogP contribution in [0.3, 0.4) is 0 Å². The highest BCUT2D eigenvalue weighted by molar-refractivity contribution is 5.65. The molecule has 0 amide bonds. The molecule has 0 aliphatic carbocycles. The van der Waals surface area contributed by atoms with E-state index in [1.54, 1.807) is 4.90 Å². The Bertz CT molecular complexity index is 718. The van der Waals surface area contributed by atoms with Crippen molar-refractivity contribution < 1.29 is 18.1 Å². The zero-order chi connectivity index (χ0) is 16.6. The molecule has 1 saturated heterocycles. The van der Waals surface area contributed by atoms with Crippen LogP contribution in [0.5, 0.6) is 0 Å². The molecule has 1 aliphatic rings. The van der Waals surface area contributed by atoms with Crippen LogP contribution >= 0.6 is 0 Å². The van der Waals surface area contributed by atoms with Gasteiger partial charge in [-0.2, -0.15) is 18.4 Å². The largest absolute Gasteiger partial charge is 0.416 e. The number of hydrogen-bond acceptors (Lipinski definition) is 6. The number of H-pyrrole nitrogens is 1. The Kier molecular flexibility index (Phi) is 3.62. The van der Waals surface area contributed by atoms with Crippen LogP contribution < -0.4 is 4.90 Å². The molecule has 1 unspecified atom stereocenters. The van der Waals surface area contributed by atoms with Gasteiger partial charge in [0.1, 0.15) is 5.69 Å². The first-order chi connectivity index (χ1) is 10.9. The van der Waals surface area contributed by atoms with E-state index in [-0.39, 0.29) is 17.3 Å². The maximum atomic E-state index is 12.9. The van der Waals surface area contributed by atoms with Crippen molar-refractivity contribution in [3.05, 3.63) is 39.7 Å². The van der Waals surface area contributed by atoms with Gasteiger partial charge in [0, 0.05) is 25.1 Å². The van der Waals surface area contributed by atoms with Crippen molar-refractivity contribution in [3.63, 3.8) is 0 Å². The second-order valence-electron chi connectivity index (χ2n) is 5.16. The number of alkyl halides is 3. The van der Waals surface area contributed by atoms with Crippen molar-refractivity contribution in [2.24, 2.45) is 0 Å².